The van der Waals surface area contributed by atoms with Gasteiger partial charge in [0.05, 0.1) is 18.8 Å². The third-order valence-corrected chi connectivity index (χ3v) is 7.28. The van der Waals surface area contributed by atoms with Crippen molar-refractivity contribution < 1.29 is 28.6 Å². The van der Waals surface area contributed by atoms with E-state index in [1.807, 2.05) is 17.6 Å². The summed E-state index contributed by atoms with van der Waals surface area (Å²) in [7, 11) is 1.51. The number of aryl methyl sites for hydroxylation is 1. The summed E-state index contributed by atoms with van der Waals surface area (Å²) in [5.74, 6) is -1.27. The Bertz CT molecular complexity index is 1330. The van der Waals surface area contributed by atoms with E-state index in [9.17, 15) is 14.4 Å². The Hall–Kier alpha value is -3.43. The maximum atomic E-state index is 13.7. The number of allylic oxidation sites excluding steroid dienone is 1. The molecule has 0 aliphatic rings. The number of fused-ring (bicyclic) bond motifs is 1. The summed E-state index contributed by atoms with van der Waals surface area (Å²) in [5, 5.41) is 4.09. The Morgan fingerprint density at radius 2 is 1.84 bits per heavy atom. The van der Waals surface area contributed by atoms with Crippen LogP contribution in [0.5, 0.6) is 0 Å². The van der Waals surface area contributed by atoms with E-state index in [0.29, 0.717) is 23.7 Å². The Balaban J connectivity index is 2.08. The van der Waals surface area contributed by atoms with E-state index in [4.69, 9.17) is 14.2 Å². The van der Waals surface area contributed by atoms with Crippen LogP contribution in [0, 0.1) is 13.8 Å². The van der Waals surface area contributed by atoms with Gasteiger partial charge in [0, 0.05) is 24.6 Å². The molecule has 0 saturated carbocycles. The maximum absolute atomic E-state index is 13.7. The van der Waals surface area contributed by atoms with E-state index >= 15 is 0 Å². The van der Waals surface area contributed by atoms with Gasteiger partial charge in [-0.05, 0) is 55.5 Å². The molecule has 1 aromatic carbocycles. The summed E-state index contributed by atoms with van der Waals surface area (Å²) >= 11 is 0.990. The molecule has 0 bridgehead atoms. The van der Waals surface area contributed by atoms with Crippen LogP contribution in [0.15, 0.2) is 30.9 Å². The highest BCUT2D eigenvalue weighted by molar-refractivity contribution is 7.18. The summed E-state index contributed by atoms with van der Waals surface area (Å²) < 4.78 is 17.3. The molecule has 0 spiro atoms. The molecule has 0 unspecified atom stereocenters. The smallest absolute Gasteiger partial charge is 0.348 e. The molecule has 0 fully saturated rings. The number of ether oxygens (including phenoxy) is 3. The number of aromatic nitrogens is 1. The molecule has 8 nitrogen and oxygen atoms in total. The Kier molecular flexibility index (Phi) is 9.29. The molecule has 0 aliphatic heterocycles. The third-order valence-electron chi connectivity index (χ3n) is 6.09. The van der Waals surface area contributed by atoms with Crippen LogP contribution in [0.1, 0.15) is 73.9 Å². The van der Waals surface area contributed by atoms with Gasteiger partial charge in [-0.2, -0.15) is 0 Å². The highest BCUT2D eigenvalue weighted by atomic mass is 32.1. The number of rotatable bonds is 11. The van der Waals surface area contributed by atoms with Crippen LogP contribution in [-0.4, -0.2) is 49.3 Å². The Morgan fingerprint density at radius 1 is 1.11 bits per heavy atom. The lowest BCUT2D eigenvalue weighted by atomic mass is 10.0. The molecule has 0 aliphatic carbocycles. The number of thiophene rings is 1. The summed E-state index contributed by atoms with van der Waals surface area (Å²) in [6.07, 6.45) is 1.74. The van der Waals surface area contributed by atoms with Gasteiger partial charge in [0.2, 0.25) is 0 Å². The lowest BCUT2D eigenvalue weighted by Crippen LogP contribution is -2.19. The standard InChI is InChI=1S/C28H34N2O6S/c1-8-12-30-21-11-10-19(16(3)4)15-20(21)17(5)23(30)25(31)29-26-22(27(32)35-9-2)18(6)24(37-26)28(33)36-14-13-34-7/h8,10-11,15-16H,1,9,12-14H2,2-7H3,(H,29,31). The van der Waals surface area contributed by atoms with Crippen molar-refractivity contribution in [2.24, 2.45) is 0 Å². The molecule has 1 N–H and O–H groups in total. The highest BCUT2D eigenvalue weighted by Gasteiger charge is 2.29. The molecule has 0 saturated heterocycles. The fourth-order valence-corrected chi connectivity index (χ4v) is 5.29. The number of esters is 2. The molecule has 9 heteroatoms. The van der Waals surface area contributed by atoms with E-state index in [0.717, 1.165) is 27.8 Å². The first-order valence-corrected chi connectivity index (χ1v) is 13.0. The molecule has 0 atom stereocenters. The zero-order chi connectivity index (χ0) is 27.3. The predicted molar refractivity (Wildman–Crippen MR) is 146 cm³/mol. The largest absolute Gasteiger partial charge is 0.462 e. The first kappa shape index (κ1) is 28.1. The lowest BCUT2D eigenvalue weighted by Gasteiger charge is -2.11. The monoisotopic (exact) mass is 526 g/mol. The van der Waals surface area contributed by atoms with Crippen molar-refractivity contribution in [3.8, 4) is 0 Å². The van der Waals surface area contributed by atoms with Crippen molar-refractivity contribution in [3.05, 3.63) is 63.7 Å². The van der Waals surface area contributed by atoms with Crippen molar-refractivity contribution in [1.29, 1.82) is 0 Å². The zero-order valence-electron chi connectivity index (χ0n) is 22.2. The molecule has 3 aromatic rings. The number of amides is 1. The summed E-state index contributed by atoms with van der Waals surface area (Å²) in [4.78, 5) is 39.4. The average molecular weight is 527 g/mol. The lowest BCUT2D eigenvalue weighted by molar-refractivity contribution is 0.0392. The van der Waals surface area contributed by atoms with Crippen LogP contribution in [-0.2, 0) is 20.8 Å². The number of carbonyl (C=O) groups is 3. The van der Waals surface area contributed by atoms with Crippen molar-refractivity contribution in [2.45, 2.75) is 47.1 Å². The molecule has 2 heterocycles. The highest BCUT2D eigenvalue weighted by Crippen LogP contribution is 2.36. The number of nitrogens with one attached hydrogen (secondary N) is 1. The molecule has 37 heavy (non-hydrogen) atoms. The van der Waals surface area contributed by atoms with Crippen molar-refractivity contribution in [1.82, 2.24) is 4.57 Å². The third kappa shape index (κ3) is 5.78. The molecule has 0 radical (unpaired) electrons. The Morgan fingerprint density at radius 3 is 2.46 bits per heavy atom. The molecular weight excluding hydrogens is 492 g/mol. The van der Waals surface area contributed by atoms with E-state index in [2.05, 4.69) is 37.9 Å². The number of anilines is 1. The second-order valence-electron chi connectivity index (χ2n) is 8.87. The van der Waals surface area contributed by atoms with Gasteiger partial charge in [-0.25, -0.2) is 9.59 Å². The van der Waals surface area contributed by atoms with Crippen LogP contribution in [0.4, 0.5) is 5.00 Å². The van der Waals surface area contributed by atoms with Crippen LogP contribution >= 0.6 is 11.3 Å². The molecule has 198 valence electrons. The van der Waals surface area contributed by atoms with Crippen molar-refractivity contribution in [3.63, 3.8) is 0 Å². The molecule has 3 rings (SSSR count). The maximum Gasteiger partial charge on any atom is 0.348 e. The van der Waals surface area contributed by atoms with Crippen LogP contribution in [0.2, 0.25) is 0 Å². The fourth-order valence-electron chi connectivity index (χ4n) is 4.20. The van der Waals surface area contributed by atoms with Crippen LogP contribution < -0.4 is 5.32 Å². The predicted octanol–water partition coefficient (Wildman–Crippen LogP) is 5.86. The van der Waals surface area contributed by atoms with Crippen LogP contribution in [0.3, 0.4) is 0 Å². The Labute approximate surface area is 221 Å². The second-order valence-corrected chi connectivity index (χ2v) is 9.89. The first-order chi connectivity index (χ1) is 17.7. The van der Waals surface area contributed by atoms with Gasteiger partial charge in [0.1, 0.15) is 22.2 Å². The normalized spacial score (nSPS) is 11.1. The fraction of sp³-hybridized carbons (Fsp3) is 0.393. The summed E-state index contributed by atoms with van der Waals surface area (Å²) in [5.41, 5.74) is 3.91. The van der Waals surface area contributed by atoms with Gasteiger partial charge in [-0.1, -0.05) is 26.0 Å². The SMILES string of the molecule is C=CCn1c(C(=O)Nc2sc(C(=O)OCCOC)c(C)c2C(=O)OCC)c(C)c2cc(C(C)C)ccc21. The minimum absolute atomic E-state index is 0.0717. The quantitative estimate of drug-likeness (QED) is 0.191. The van der Waals surface area contributed by atoms with E-state index in [1.165, 1.54) is 12.7 Å². The number of carbonyl (C=O) groups excluding carboxylic acids is 3. The molecule has 1 amide bonds. The molecular formula is C28H34N2O6S. The number of methoxy groups -OCH3 is 1. The van der Waals surface area contributed by atoms with E-state index in [-0.39, 0.29) is 35.3 Å². The van der Waals surface area contributed by atoms with Gasteiger partial charge < -0.3 is 24.1 Å². The van der Waals surface area contributed by atoms with Gasteiger partial charge in [0.15, 0.2) is 0 Å². The van der Waals surface area contributed by atoms with Gasteiger partial charge in [-0.3, -0.25) is 4.79 Å². The number of hydrogen-bond acceptors (Lipinski definition) is 7. The number of benzene rings is 1. The van der Waals surface area contributed by atoms with Gasteiger partial charge in [-0.15, -0.1) is 17.9 Å². The topological polar surface area (TPSA) is 95.9 Å². The van der Waals surface area contributed by atoms with Gasteiger partial charge in [0.25, 0.3) is 5.91 Å². The summed E-state index contributed by atoms with van der Waals surface area (Å²) in [6, 6.07) is 6.20. The minimum atomic E-state index is -0.618. The van der Waals surface area contributed by atoms with Gasteiger partial charge >= 0.3 is 11.9 Å². The molecule has 2 aromatic heterocycles. The second kappa shape index (κ2) is 12.2. The van der Waals surface area contributed by atoms with Crippen molar-refractivity contribution in [2.75, 3.05) is 32.2 Å². The summed E-state index contributed by atoms with van der Waals surface area (Å²) in [6.45, 7) is 14.2. The van der Waals surface area contributed by atoms with Crippen molar-refractivity contribution >= 4 is 45.1 Å². The van der Waals surface area contributed by atoms with Crippen LogP contribution in [0.25, 0.3) is 10.9 Å². The first-order valence-electron chi connectivity index (χ1n) is 12.2. The zero-order valence-corrected chi connectivity index (χ0v) is 23.0. The number of hydrogen-bond donors (Lipinski definition) is 1. The van der Waals surface area contributed by atoms with E-state index < -0.39 is 17.8 Å². The average Bonchev–Trinajstić information content (AvgIpc) is 3.32. The van der Waals surface area contributed by atoms with E-state index in [1.54, 1.807) is 19.9 Å². The number of nitrogens with zero attached hydrogens (tertiary/aromatic N) is 1. The minimum Gasteiger partial charge on any atom is -0.462 e.